The summed E-state index contributed by atoms with van der Waals surface area (Å²) >= 11 is 0. The molecule has 27 heavy (non-hydrogen) atoms. The first-order chi connectivity index (χ1) is 13.1. The molecule has 1 atom stereocenters. The van der Waals surface area contributed by atoms with E-state index in [9.17, 15) is 4.79 Å². The highest BCUT2D eigenvalue weighted by atomic mass is 16.5. The number of para-hydroxylation sites is 1. The Balaban J connectivity index is 1.36. The van der Waals surface area contributed by atoms with Crippen molar-refractivity contribution < 1.29 is 9.53 Å². The van der Waals surface area contributed by atoms with Crippen molar-refractivity contribution in [2.75, 3.05) is 25.5 Å². The Bertz CT molecular complexity index is 797. The fraction of sp³-hybridized carbons (Fsp3) is 0.350. The van der Waals surface area contributed by atoms with Gasteiger partial charge in [0.1, 0.15) is 17.7 Å². The number of hydrogen-bond donors (Lipinski definition) is 3. The first-order valence-electron chi connectivity index (χ1n) is 9.06. The number of anilines is 1. The van der Waals surface area contributed by atoms with Crippen molar-refractivity contribution >= 4 is 17.7 Å². The number of carbonyl (C=O) groups is 1. The molecule has 0 saturated carbocycles. The number of carbonyl (C=O) groups excluding carboxylic acids is 1. The van der Waals surface area contributed by atoms with Crippen LogP contribution in [0.15, 0.2) is 47.5 Å². The zero-order valence-electron chi connectivity index (χ0n) is 15.7. The van der Waals surface area contributed by atoms with Crippen LogP contribution in [-0.4, -0.2) is 43.1 Å². The molecule has 1 aliphatic rings. The molecule has 1 amide bonds. The van der Waals surface area contributed by atoms with Crippen LogP contribution in [0.1, 0.15) is 17.7 Å². The zero-order valence-corrected chi connectivity index (χ0v) is 15.7. The maximum atomic E-state index is 12.0. The number of benzene rings is 1. The van der Waals surface area contributed by atoms with Crippen LogP contribution in [0.5, 0.6) is 5.75 Å². The molecule has 1 aliphatic heterocycles. The summed E-state index contributed by atoms with van der Waals surface area (Å²) in [6.45, 7) is 3.01. The van der Waals surface area contributed by atoms with Crippen molar-refractivity contribution in [1.82, 2.24) is 15.6 Å². The highest BCUT2D eigenvalue weighted by Gasteiger charge is 2.22. The highest BCUT2D eigenvalue weighted by molar-refractivity contribution is 5.90. The van der Waals surface area contributed by atoms with Crippen LogP contribution in [0, 0.1) is 6.92 Å². The van der Waals surface area contributed by atoms with Gasteiger partial charge in [0.2, 0.25) is 5.91 Å². The van der Waals surface area contributed by atoms with Crippen LogP contribution in [0.3, 0.4) is 0 Å². The number of aromatic nitrogens is 1. The van der Waals surface area contributed by atoms with Crippen molar-refractivity contribution in [3.63, 3.8) is 0 Å². The average molecular weight is 367 g/mol. The first-order valence-corrected chi connectivity index (χ1v) is 9.06. The van der Waals surface area contributed by atoms with Gasteiger partial charge in [-0.2, -0.15) is 0 Å². The number of aliphatic imine (C=N–C) groups is 1. The van der Waals surface area contributed by atoms with Crippen molar-refractivity contribution in [3.05, 3.63) is 53.7 Å². The Morgan fingerprint density at radius 3 is 2.85 bits per heavy atom. The molecule has 142 valence electrons. The second kappa shape index (κ2) is 9.02. The van der Waals surface area contributed by atoms with Crippen molar-refractivity contribution in [2.24, 2.45) is 4.99 Å². The number of amides is 1. The number of nitrogens with zero attached hydrogens (tertiary/aromatic N) is 2. The van der Waals surface area contributed by atoms with Crippen molar-refractivity contribution in [3.8, 4) is 5.75 Å². The molecule has 7 nitrogen and oxygen atoms in total. The van der Waals surface area contributed by atoms with Crippen molar-refractivity contribution in [1.29, 1.82) is 0 Å². The third kappa shape index (κ3) is 5.44. The standard InChI is InChI=1S/C20H25N5O2/c1-14-6-5-9-18(24-14)25-19(26)10-11-22-20(21-2)23-13-16-12-15-7-3-4-8-17(15)27-16/h3-9,16H,10-13H2,1-2H3,(H2,21,22,23)(H,24,25,26). The second-order valence-electron chi connectivity index (χ2n) is 6.39. The molecular formula is C20H25N5O2. The molecular weight excluding hydrogens is 342 g/mol. The fourth-order valence-electron chi connectivity index (χ4n) is 2.91. The number of pyridine rings is 1. The van der Waals surface area contributed by atoms with E-state index in [-0.39, 0.29) is 12.0 Å². The van der Waals surface area contributed by atoms with E-state index in [4.69, 9.17) is 4.74 Å². The lowest BCUT2D eigenvalue weighted by atomic mass is 10.1. The number of ether oxygens (including phenoxy) is 1. The summed E-state index contributed by atoms with van der Waals surface area (Å²) in [6.07, 6.45) is 1.28. The SMILES string of the molecule is CN=C(NCCC(=O)Nc1cccc(C)n1)NCC1Cc2ccccc2O1. The van der Waals surface area contributed by atoms with Gasteiger partial charge in [0, 0.05) is 32.1 Å². The molecule has 0 saturated heterocycles. The molecule has 2 heterocycles. The Morgan fingerprint density at radius 1 is 1.22 bits per heavy atom. The van der Waals surface area contributed by atoms with Crippen molar-refractivity contribution in [2.45, 2.75) is 25.9 Å². The predicted molar refractivity (Wildman–Crippen MR) is 106 cm³/mol. The summed E-state index contributed by atoms with van der Waals surface area (Å²) in [6, 6.07) is 13.6. The van der Waals surface area contributed by atoms with E-state index in [0.29, 0.717) is 31.3 Å². The molecule has 1 unspecified atom stereocenters. The topological polar surface area (TPSA) is 87.6 Å². The van der Waals surface area contributed by atoms with E-state index in [1.54, 1.807) is 13.1 Å². The summed E-state index contributed by atoms with van der Waals surface area (Å²) in [5.41, 5.74) is 2.10. The fourth-order valence-corrected chi connectivity index (χ4v) is 2.91. The van der Waals surface area contributed by atoms with Gasteiger partial charge in [-0.1, -0.05) is 24.3 Å². The minimum atomic E-state index is -0.0920. The number of fused-ring (bicyclic) bond motifs is 1. The second-order valence-corrected chi connectivity index (χ2v) is 6.39. The number of hydrogen-bond acceptors (Lipinski definition) is 4. The lowest BCUT2D eigenvalue weighted by Gasteiger charge is -2.15. The van der Waals surface area contributed by atoms with Crippen LogP contribution in [-0.2, 0) is 11.2 Å². The molecule has 0 bridgehead atoms. The third-order valence-electron chi connectivity index (χ3n) is 4.23. The van der Waals surface area contributed by atoms with E-state index in [1.807, 2.05) is 37.3 Å². The van der Waals surface area contributed by atoms with Gasteiger partial charge in [-0.15, -0.1) is 0 Å². The summed E-state index contributed by atoms with van der Waals surface area (Å²) < 4.78 is 5.90. The third-order valence-corrected chi connectivity index (χ3v) is 4.23. The molecule has 0 fully saturated rings. The number of guanidine groups is 1. The summed E-state index contributed by atoms with van der Waals surface area (Å²) in [5.74, 6) is 2.08. The van der Waals surface area contributed by atoms with Gasteiger partial charge >= 0.3 is 0 Å². The Kier molecular flexibility index (Phi) is 6.25. The first kappa shape index (κ1) is 18.7. The molecule has 3 N–H and O–H groups in total. The minimum absolute atomic E-state index is 0.0802. The minimum Gasteiger partial charge on any atom is -0.488 e. The van der Waals surface area contributed by atoms with E-state index >= 15 is 0 Å². The molecule has 0 aliphatic carbocycles. The largest absolute Gasteiger partial charge is 0.488 e. The number of aryl methyl sites for hydroxylation is 1. The molecule has 0 spiro atoms. The van der Waals surface area contributed by atoms with E-state index in [2.05, 4.69) is 32.0 Å². The van der Waals surface area contributed by atoms with Gasteiger partial charge in [0.05, 0.1) is 6.54 Å². The maximum absolute atomic E-state index is 12.0. The Morgan fingerprint density at radius 2 is 2.07 bits per heavy atom. The molecule has 0 radical (unpaired) electrons. The highest BCUT2D eigenvalue weighted by Crippen LogP contribution is 2.27. The van der Waals surface area contributed by atoms with Gasteiger partial charge in [-0.25, -0.2) is 4.98 Å². The van der Waals surface area contributed by atoms with Crippen LogP contribution in [0.25, 0.3) is 0 Å². The Labute approximate surface area is 159 Å². The lowest BCUT2D eigenvalue weighted by molar-refractivity contribution is -0.116. The molecule has 1 aromatic carbocycles. The van der Waals surface area contributed by atoms with E-state index < -0.39 is 0 Å². The zero-order chi connectivity index (χ0) is 19.1. The summed E-state index contributed by atoms with van der Waals surface area (Å²) in [4.78, 5) is 20.5. The normalized spacial score (nSPS) is 15.6. The lowest BCUT2D eigenvalue weighted by Crippen LogP contribution is -2.43. The number of rotatable bonds is 6. The van der Waals surface area contributed by atoms with Crippen LogP contribution in [0.4, 0.5) is 5.82 Å². The van der Waals surface area contributed by atoms with E-state index in [1.165, 1.54) is 5.56 Å². The Hall–Kier alpha value is -3.09. The summed E-state index contributed by atoms with van der Waals surface area (Å²) in [5, 5.41) is 9.18. The van der Waals surface area contributed by atoms with Crippen LogP contribution >= 0.6 is 0 Å². The molecule has 3 rings (SSSR count). The average Bonchev–Trinajstić information content (AvgIpc) is 3.07. The summed E-state index contributed by atoms with van der Waals surface area (Å²) in [7, 11) is 1.70. The van der Waals surface area contributed by atoms with Gasteiger partial charge in [0.25, 0.3) is 0 Å². The van der Waals surface area contributed by atoms with E-state index in [0.717, 1.165) is 17.9 Å². The molecule has 7 heteroatoms. The monoisotopic (exact) mass is 367 g/mol. The molecule has 2 aromatic rings. The molecule has 1 aromatic heterocycles. The van der Waals surface area contributed by atoms with Gasteiger partial charge in [-0.05, 0) is 30.7 Å². The quantitative estimate of drug-likeness (QED) is 0.536. The smallest absolute Gasteiger partial charge is 0.227 e. The predicted octanol–water partition coefficient (Wildman–Crippen LogP) is 1.89. The van der Waals surface area contributed by atoms with Gasteiger partial charge in [-0.3, -0.25) is 9.79 Å². The van der Waals surface area contributed by atoms with Crippen LogP contribution in [0.2, 0.25) is 0 Å². The maximum Gasteiger partial charge on any atom is 0.227 e. The van der Waals surface area contributed by atoms with Gasteiger partial charge in [0.15, 0.2) is 5.96 Å². The number of nitrogens with one attached hydrogen (secondary N) is 3. The van der Waals surface area contributed by atoms with Gasteiger partial charge < -0.3 is 20.7 Å². The van der Waals surface area contributed by atoms with Crippen LogP contribution < -0.4 is 20.7 Å².